The molecule has 13 heteroatoms. The lowest BCUT2D eigenvalue weighted by molar-refractivity contribution is -0.832. The summed E-state index contributed by atoms with van der Waals surface area (Å²) in [4.78, 5) is 12.0. The Bertz CT molecular complexity index is 1740. The molecule has 1 aromatic heterocycles. The minimum atomic E-state index is -4.26. The van der Waals surface area contributed by atoms with Crippen molar-refractivity contribution in [1.82, 2.24) is 5.16 Å². The van der Waals surface area contributed by atoms with Crippen LogP contribution in [0.1, 0.15) is 56.6 Å². The first-order chi connectivity index (χ1) is 22.6. The van der Waals surface area contributed by atoms with E-state index < -0.39 is 38.9 Å². The van der Waals surface area contributed by atoms with E-state index in [1.165, 1.54) is 24.3 Å². The lowest BCUT2D eigenvalue weighted by Gasteiger charge is -2.19. The molecule has 250 valence electrons. The average molecular weight is 667 g/mol. The van der Waals surface area contributed by atoms with Gasteiger partial charge in [0, 0.05) is 36.7 Å². The second kappa shape index (κ2) is 15.0. The van der Waals surface area contributed by atoms with E-state index in [4.69, 9.17) is 14.2 Å². The van der Waals surface area contributed by atoms with Gasteiger partial charge in [-0.1, -0.05) is 55.5 Å². The van der Waals surface area contributed by atoms with Gasteiger partial charge in [0.05, 0.1) is 22.3 Å². The SMILES string of the molecule is CC#CCC(C)[C@@H](O)/C=C/[C@H]1[C@@H]2c3cccc(CCCC(=O)OCCOc4no[n+]([O-])c4S(=O)(=O)c4ccccc4)c3O[C@@H]2C[C@@H]1O. The van der Waals surface area contributed by atoms with Gasteiger partial charge in [0.25, 0.3) is 9.84 Å². The van der Waals surface area contributed by atoms with Crippen molar-refractivity contribution in [1.29, 1.82) is 0 Å². The van der Waals surface area contributed by atoms with E-state index in [9.17, 15) is 28.6 Å². The molecule has 3 aromatic rings. The normalized spacial score (nSPS) is 21.3. The number of hydrogen-bond donors (Lipinski definition) is 2. The molecule has 1 fully saturated rings. The number of para-hydroxylation sites is 1. The van der Waals surface area contributed by atoms with Crippen LogP contribution in [0.25, 0.3) is 0 Å². The average Bonchev–Trinajstić information content (AvgIpc) is 3.72. The third-order valence-electron chi connectivity index (χ3n) is 8.47. The predicted molar refractivity (Wildman–Crippen MR) is 167 cm³/mol. The van der Waals surface area contributed by atoms with E-state index in [0.29, 0.717) is 25.7 Å². The monoisotopic (exact) mass is 666 g/mol. The van der Waals surface area contributed by atoms with E-state index in [2.05, 4.69) is 21.6 Å². The third kappa shape index (κ3) is 7.62. The number of carbonyl (C=O) groups excluding carboxylic acids is 1. The van der Waals surface area contributed by atoms with Crippen LogP contribution in [0.4, 0.5) is 0 Å². The van der Waals surface area contributed by atoms with Crippen LogP contribution in [0.5, 0.6) is 11.6 Å². The zero-order chi connectivity index (χ0) is 33.6. The van der Waals surface area contributed by atoms with Gasteiger partial charge in [0.1, 0.15) is 25.1 Å². The molecule has 0 saturated heterocycles. The molecule has 6 atom stereocenters. The summed E-state index contributed by atoms with van der Waals surface area (Å²) in [6.45, 7) is 3.27. The predicted octanol–water partition coefficient (Wildman–Crippen LogP) is 3.28. The molecular weight excluding hydrogens is 628 g/mol. The molecule has 2 N–H and O–H groups in total. The van der Waals surface area contributed by atoms with Gasteiger partial charge < -0.3 is 29.6 Å². The lowest BCUT2D eigenvalue weighted by atomic mass is 9.86. The number of rotatable bonds is 14. The van der Waals surface area contributed by atoms with Gasteiger partial charge in [-0.15, -0.1) is 11.8 Å². The number of esters is 1. The third-order valence-corrected chi connectivity index (χ3v) is 10.2. The van der Waals surface area contributed by atoms with Crippen LogP contribution in [-0.2, 0) is 25.8 Å². The Hall–Kier alpha value is -4.38. The molecule has 0 bridgehead atoms. The van der Waals surface area contributed by atoms with Crippen molar-refractivity contribution in [2.45, 2.75) is 80.1 Å². The van der Waals surface area contributed by atoms with Crippen LogP contribution in [0.15, 0.2) is 75.2 Å². The summed E-state index contributed by atoms with van der Waals surface area (Å²) >= 11 is 0. The molecular formula is C34H38N2O10S. The highest BCUT2D eigenvalue weighted by Gasteiger charge is 2.49. The van der Waals surface area contributed by atoms with Crippen LogP contribution in [0.3, 0.4) is 0 Å². The van der Waals surface area contributed by atoms with Crippen molar-refractivity contribution < 1.29 is 47.2 Å². The first-order valence-electron chi connectivity index (χ1n) is 15.5. The smallest absolute Gasteiger partial charge is 0.415 e. The first kappa shape index (κ1) is 34.0. The zero-order valence-electron chi connectivity index (χ0n) is 26.2. The van der Waals surface area contributed by atoms with E-state index in [0.717, 1.165) is 16.9 Å². The summed E-state index contributed by atoms with van der Waals surface area (Å²) in [5, 5.41) is 36.0. The molecule has 47 heavy (non-hydrogen) atoms. The largest absolute Gasteiger partial charge is 0.489 e. The molecule has 1 saturated carbocycles. The van der Waals surface area contributed by atoms with Crippen LogP contribution in [-0.4, -0.2) is 61.3 Å². The number of hydrogen-bond acceptors (Lipinski definition) is 11. The molecule has 0 amide bonds. The van der Waals surface area contributed by atoms with Gasteiger partial charge in [-0.05, 0) is 48.3 Å². The van der Waals surface area contributed by atoms with Crippen molar-refractivity contribution in [2.24, 2.45) is 11.8 Å². The van der Waals surface area contributed by atoms with Crippen molar-refractivity contribution in [3.8, 4) is 23.5 Å². The maximum atomic E-state index is 12.9. The van der Waals surface area contributed by atoms with Crippen LogP contribution in [0, 0.1) is 28.9 Å². The Morgan fingerprint density at radius 1 is 1.21 bits per heavy atom. The zero-order valence-corrected chi connectivity index (χ0v) is 27.0. The van der Waals surface area contributed by atoms with Crippen LogP contribution >= 0.6 is 0 Å². The van der Waals surface area contributed by atoms with E-state index >= 15 is 0 Å². The number of ether oxygens (including phenoxy) is 3. The number of aromatic nitrogens is 2. The van der Waals surface area contributed by atoms with Crippen LogP contribution < -0.4 is 14.4 Å². The quantitative estimate of drug-likeness (QED) is 0.0850. The lowest BCUT2D eigenvalue weighted by Crippen LogP contribution is -2.31. The van der Waals surface area contributed by atoms with Gasteiger partial charge in [0.2, 0.25) is 0 Å². The maximum absolute atomic E-state index is 12.9. The van der Waals surface area contributed by atoms with E-state index in [1.54, 1.807) is 19.1 Å². The molecule has 2 aromatic carbocycles. The molecule has 2 aliphatic rings. The summed E-state index contributed by atoms with van der Waals surface area (Å²) in [6.07, 6.45) is 4.49. The van der Waals surface area contributed by atoms with Gasteiger partial charge in [-0.25, -0.2) is 8.42 Å². The highest BCUT2D eigenvalue weighted by Crippen LogP contribution is 2.52. The summed E-state index contributed by atoms with van der Waals surface area (Å²) in [6, 6.07) is 13.2. The fourth-order valence-electron chi connectivity index (χ4n) is 6.01. The summed E-state index contributed by atoms with van der Waals surface area (Å²) in [7, 11) is -4.26. The standard InChI is InChI=1S/C34H38N2O10S/c1-3-4-10-22(2)27(37)18-17-25-28(38)21-29-31(25)26-15-8-11-23(32(26)45-29)12-9-16-30(39)43-19-20-44-33-34(36(40)46-35-33)47(41,42)24-13-6-5-7-14-24/h5-8,11,13-15,17-18,22,25,27-29,31,37-38H,9-10,12,16,19-21H2,1-2H3/b18-17+/t22?,25-,27+,28+,29-,31-/m1/s1. The Labute approximate surface area is 273 Å². The summed E-state index contributed by atoms with van der Waals surface area (Å²) < 4.78 is 47.0. The van der Waals surface area contributed by atoms with E-state index in [-0.39, 0.29) is 53.3 Å². The number of benzene rings is 2. The second-order valence-electron chi connectivity index (χ2n) is 11.7. The summed E-state index contributed by atoms with van der Waals surface area (Å²) in [5.74, 6) is 5.37. The number of carbonyl (C=O) groups is 1. The van der Waals surface area contributed by atoms with Crippen molar-refractivity contribution in [3.05, 3.63) is 77.0 Å². The van der Waals surface area contributed by atoms with E-state index in [1.807, 2.05) is 31.2 Å². The van der Waals surface area contributed by atoms with Crippen molar-refractivity contribution >= 4 is 15.8 Å². The second-order valence-corrected chi connectivity index (χ2v) is 13.5. The number of nitrogens with zero attached hydrogens (tertiary/aromatic N) is 2. The maximum Gasteiger partial charge on any atom is 0.415 e. The first-order valence-corrected chi connectivity index (χ1v) is 17.0. The Morgan fingerprint density at radius 2 is 2.00 bits per heavy atom. The van der Waals surface area contributed by atoms with Gasteiger partial charge in [-0.3, -0.25) is 9.42 Å². The van der Waals surface area contributed by atoms with Crippen LogP contribution in [0.2, 0.25) is 0 Å². The Balaban J connectivity index is 1.11. The highest BCUT2D eigenvalue weighted by atomic mass is 32.2. The number of fused-ring (bicyclic) bond motifs is 3. The molecule has 5 rings (SSSR count). The minimum absolute atomic E-state index is 0.0258. The Morgan fingerprint density at radius 3 is 2.77 bits per heavy atom. The molecule has 12 nitrogen and oxygen atoms in total. The number of aliphatic hydroxyl groups is 2. The number of aliphatic hydroxyl groups excluding tert-OH is 2. The molecule has 1 aliphatic carbocycles. The Kier molecular flexibility index (Phi) is 10.9. The topological polar surface area (TPSA) is 172 Å². The van der Waals surface area contributed by atoms with Crippen molar-refractivity contribution in [2.75, 3.05) is 13.2 Å². The minimum Gasteiger partial charge on any atom is -0.489 e. The molecule has 2 heterocycles. The molecule has 1 aliphatic heterocycles. The molecule has 0 radical (unpaired) electrons. The molecule has 1 unspecified atom stereocenters. The number of aryl methyl sites for hydroxylation is 1. The fourth-order valence-corrected chi connectivity index (χ4v) is 7.31. The van der Waals surface area contributed by atoms with Gasteiger partial charge >= 0.3 is 16.9 Å². The fraction of sp³-hybridized carbons (Fsp3) is 0.441. The number of sulfone groups is 1. The van der Waals surface area contributed by atoms with Gasteiger partial charge in [0.15, 0.2) is 0 Å². The molecule has 0 spiro atoms. The van der Waals surface area contributed by atoms with Gasteiger partial charge in [-0.2, -0.15) is 0 Å². The summed E-state index contributed by atoms with van der Waals surface area (Å²) in [5.41, 5.74) is 1.97. The van der Waals surface area contributed by atoms with Crippen molar-refractivity contribution in [3.63, 3.8) is 0 Å². The highest BCUT2D eigenvalue weighted by molar-refractivity contribution is 7.91.